The first kappa shape index (κ1) is 26.6. The van der Waals surface area contributed by atoms with E-state index < -0.39 is 5.97 Å². The highest BCUT2D eigenvalue weighted by atomic mass is 16.5. The molecule has 36 heavy (non-hydrogen) atoms. The molecule has 0 bridgehead atoms. The topological polar surface area (TPSA) is 115 Å². The minimum atomic E-state index is -1.15. The van der Waals surface area contributed by atoms with Crippen molar-refractivity contribution >= 4 is 34.7 Å². The van der Waals surface area contributed by atoms with Gasteiger partial charge in [0.2, 0.25) is 0 Å². The zero-order valence-electron chi connectivity index (χ0n) is 21.7. The number of aromatic carboxylic acids is 1. The third-order valence-electron chi connectivity index (χ3n) is 5.79. The van der Waals surface area contributed by atoms with Crippen LogP contribution in [0.25, 0.3) is 11.1 Å². The number of methoxy groups -OCH3 is 1. The van der Waals surface area contributed by atoms with Crippen molar-refractivity contribution in [3.05, 3.63) is 59.9 Å². The van der Waals surface area contributed by atoms with E-state index >= 15 is 0 Å². The first-order valence-corrected chi connectivity index (χ1v) is 11.7. The number of nitrogens with one attached hydrogen (secondary N) is 2. The highest BCUT2D eigenvalue weighted by Crippen LogP contribution is 2.34. The Balaban J connectivity index is 2.15. The molecule has 9 nitrogen and oxygen atoms in total. The van der Waals surface area contributed by atoms with Gasteiger partial charge in [0, 0.05) is 69.2 Å². The zero-order chi connectivity index (χ0) is 26.4. The number of ether oxygens (including phenoxy) is 1. The summed E-state index contributed by atoms with van der Waals surface area (Å²) in [5.41, 5.74) is 3.80. The van der Waals surface area contributed by atoms with E-state index in [1.165, 1.54) is 6.07 Å². The lowest BCUT2D eigenvalue weighted by Gasteiger charge is -2.21. The van der Waals surface area contributed by atoms with E-state index in [0.29, 0.717) is 41.4 Å². The number of aromatic nitrogens is 2. The fourth-order valence-electron chi connectivity index (χ4n) is 3.65. The summed E-state index contributed by atoms with van der Waals surface area (Å²) in [6, 6.07) is 13.0. The molecule has 3 rings (SSSR count). The number of hydrogen-bond acceptors (Lipinski definition) is 8. The molecule has 3 N–H and O–H groups in total. The first-order valence-electron chi connectivity index (χ1n) is 11.7. The molecule has 190 valence electrons. The molecule has 0 saturated carbocycles. The summed E-state index contributed by atoms with van der Waals surface area (Å²) in [6.07, 6.45) is 1.70. The summed E-state index contributed by atoms with van der Waals surface area (Å²) in [6.45, 7) is 5.12. The Morgan fingerprint density at radius 3 is 2.50 bits per heavy atom. The van der Waals surface area contributed by atoms with Crippen LogP contribution in [0.4, 0.5) is 23.0 Å². The molecule has 2 aromatic heterocycles. The molecule has 0 aliphatic heterocycles. The number of anilines is 4. The number of carboxylic acid groups (broad SMARTS) is 1. The fourth-order valence-corrected chi connectivity index (χ4v) is 3.65. The van der Waals surface area contributed by atoms with Crippen molar-refractivity contribution in [1.82, 2.24) is 9.97 Å². The zero-order valence-corrected chi connectivity index (χ0v) is 21.7. The van der Waals surface area contributed by atoms with Crippen LogP contribution < -0.4 is 15.1 Å². The molecule has 9 heteroatoms. The molecule has 0 aliphatic rings. The largest absolute Gasteiger partial charge is 0.477 e. The second-order valence-electron chi connectivity index (χ2n) is 9.04. The summed E-state index contributed by atoms with van der Waals surface area (Å²) in [5, 5.41) is 22.0. The number of likely N-dealkylation sites (N-methyl/N-ethyl adjacent to an activating group) is 1. The van der Waals surface area contributed by atoms with Gasteiger partial charge < -0.3 is 30.4 Å². The van der Waals surface area contributed by atoms with Crippen molar-refractivity contribution in [3.8, 4) is 11.1 Å². The molecule has 0 radical (unpaired) electrons. The van der Waals surface area contributed by atoms with E-state index in [0.717, 1.165) is 17.2 Å². The Morgan fingerprint density at radius 2 is 1.92 bits per heavy atom. The summed E-state index contributed by atoms with van der Waals surface area (Å²) < 4.78 is 5.14. The van der Waals surface area contributed by atoms with Crippen LogP contribution in [0.3, 0.4) is 0 Å². The van der Waals surface area contributed by atoms with Gasteiger partial charge in [-0.05, 0) is 47.9 Å². The smallest absolute Gasteiger partial charge is 0.354 e. The third kappa shape index (κ3) is 6.17. The molecule has 0 unspecified atom stereocenters. The van der Waals surface area contributed by atoms with Crippen molar-refractivity contribution in [2.24, 2.45) is 5.92 Å². The maximum Gasteiger partial charge on any atom is 0.354 e. The van der Waals surface area contributed by atoms with Crippen molar-refractivity contribution in [2.45, 2.75) is 13.8 Å². The van der Waals surface area contributed by atoms with Crippen LogP contribution in [0.5, 0.6) is 0 Å². The highest BCUT2D eigenvalue weighted by molar-refractivity contribution is 6.10. The average Bonchev–Trinajstić information content (AvgIpc) is 2.86. The minimum Gasteiger partial charge on any atom is -0.477 e. The Bertz CT molecular complexity index is 1220. The quantitative estimate of drug-likeness (QED) is 0.330. The maximum absolute atomic E-state index is 12.0. The van der Waals surface area contributed by atoms with Gasteiger partial charge in [-0.15, -0.1) is 0 Å². The van der Waals surface area contributed by atoms with Gasteiger partial charge in [0.15, 0.2) is 5.69 Å². The second kappa shape index (κ2) is 11.6. The lowest BCUT2D eigenvalue weighted by molar-refractivity contribution is 0.0690. The van der Waals surface area contributed by atoms with Crippen molar-refractivity contribution in [3.63, 3.8) is 0 Å². The highest BCUT2D eigenvalue weighted by Gasteiger charge is 2.23. The molecule has 0 saturated heterocycles. The summed E-state index contributed by atoms with van der Waals surface area (Å²) >= 11 is 0. The molecule has 0 fully saturated rings. The molecule has 3 aromatic rings. The van der Waals surface area contributed by atoms with E-state index in [9.17, 15) is 9.90 Å². The van der Waals surface area contributed by atoms with Gasteiger partial charge in [0.1, 0.15) is 11.6 Å². The Hall–Kier alpha value is -3.98. The SMILES string of the molecule is COCCN(C)c1ccc(-c2cc(C(=O)O)nc(Nc3cccc(N(C)C)c3)c2C(=N)C(C)C)cn1. The number of carboxylic acids is 1. The molecular formula is C27H34N6O3. The number of rotatable bonds is 11. The number of carbonyl (C=O) groups is 1. The van der Waals surface area contributed by atoms with Gasteiger partial charge in [0.25, 0.3) is 0 Å². The van der Waals surface area contributed by atoms with Gasteiger partial charge in [-0.25, -0.2) is 14.8 Å². The van der Waals surface area contributed by atoms with Gasteiger partial charge in [0.05, 0.1) is 6.61 Å². The predicted octanol–water partition coefficient (Wildman–Crippen LogP) is 4.76. The lowest BCUT2D eigenvalue weighted by Crippen LogP contribution is -2.22. The number of pyridine rings is 2. The number of benzene rings is 1. The Labute approximate surface area is 212 Å². The van der Waals surface area contributed by atoms with Crippen LogP contribution in [-0.2, 0) is 4.74 Å². The van der Waals surface area contributed by atoms with Gasteiger partial charge in [-0.3, -0.25) is 0 Å². The van der Waals surface area contributed by atoms with Crippen molar-refractivity contribution in [1.29, 1.82) is 5.41 Å². The third-order valence-corrected chi connectivity index (χ3v) is 5.79. The van der Waals surface area contributed by atoms with Crippen LogP contribution in [0.15, 0.2) is 48.7 Å². The number of nitrogens with zero attached hydrogens (tertiary/aromatic N) is 4. The number of hydrogen-bond donors (Lipinski definition) is 3. The van der Waals surface area contributed by atoms with E-state index in [-0.39, 0.29) is 11.6 Å². The normalized spacial score (nSPS) is 10.9. The Morgan fingerprint density at radius 1 is 1.17 bits per heavy atom. The van der Waals surface area contributed by atoms with Crippen LogP contribution in [0.1, 0.15) is 29.9 Å². The monoisotopic (exact) mass is 490 g/mol. The summed E-state index contributed by atoms with van der Waals surface area (Å²) in [7, 11) is 7.48. The Kier molecular flexibility index (Phi) is 8.60. The van der Waals surface area contributed by atoms with E-state index in [4.69, 9.17) is 10.1 Å². The molecular weight excluding hydrogens is 456 g/mol. The van der Waals surface area contributed by atoms with E-state index in [1.54, 1.807) is 13.3 Å². The fraction of sp³-hybridized carbons (Fsp3) is 0.333. The van der Waals surface area contributed by atoms with Gasteiger partial charge in [-0.2, -0.15) is 0 Å². The van der Waals surface area contributed by atoms with Crippen molar-refractivity contribution < 1.29 is 14.6 Å². The van der Waals surface area contributed by atoms with E-state index in [2.05, 4.69) is 15.3 Å². The second-order valence-corrected chi connectivity index (χ2v) is 9.04. The molecule has 2 heterocycles. The molecule has 0 aliphatic carbocycles. The maximum atomic E-state index is 12.0. The first-order chi connectivity index (χ1) is 17.1. The average molecular weight is 491 g/mol. The molecule has 0 spiro atoms. The van der Waals surface area contributed by atoms with Crippen LogP contribution in [0, 0.1) is 11.3 Å². The van der Waals surface area contributed by atoms with Crippen LogP contribution in [0.2, 0.25) is 0 Å². The minimum absolute atomic E-state index is 0.109. The summed E-state index contributed by atoms with van der Waals surface area (Å²) in [5.74, 6) is -0.168. The molecule has 1 aromatic carbocycles. The molecule has 0 amide bonds. The molecule has 0 atom stereocenters. The van der Waals surface area contributed by atoms with Gasteiger partial charge in [-0.1, -0.05) is 19.9 Å². The van der Waals surface area contributed by atoms with Crippen LogP contribution >= 0.6 is 0 Å². The van der Waals surface area contributed by atoms with E-state index in [1.807, 2.05) is 81.2 Å². The van der Waals surface area contributed by atoms with Gasteiger partial charge >= 0.3 is 5.97 Å². The standard InChI is InChI=1S/C27H34N6O3/c1-17(2)25(28)24-21(18-10-11-23(29-16-18)33(5)12-13-36-6)15-22(27(34)35)31-26(24)30-19-8-7-9-20(14-19)32(3)4/h7-11,14-17,28H,12-13H2,1-6H3,(H,30,31)(H,34,35). The van der Waals surface area contributed by atoms with Crippen molar-refractivity contribution in [2.75, 3.05) is 56.5 Å². The summed E-state index contributed by atoms with van der Waals surface area (Å²) in [4.78, 5) is 24.9. The van der Waals surface area contributed by atoms with Crippen LogP contribution in [-0.4, -0.2) is 68.2 Å². The lowest BCUT2D eigenvalue weighted by atomic mass is 9.92. The predicted molar refractivity (Wildman–Crippen MR) is 145 cm³/mol.